The molecular weight excluding hydrogens is 2090 g/mol. The number of unbranched alkanes of at least 4 members (excludes halogenated alkanes) is 9. The average molecular weight is 2160 g/mol. The van der Waals surface area contributed by atoms with Gasteiger partial charge in [0.25, 0.3) is 11.8 Å². The number of carbonyl (C=O) groups excluding carboxylic acids is 2. The van der Waals surface area contributed by atoms with E-state index >= 15 is 0 Å². The lowest BCUT2D eigenvalue weighted by molar-refractivity contribution is -0.312. The maximum Gasteiger partial charge on any atom is 0.398 e. The molecule has 2 aliphatic rings. The average Bonchev–Trinajstić information content (AvgIpc) is 0.765. The third-order valence-corrected chi connectivity index (χ3v) is 21.1. The van der Waals surface area contributed by atoms with Crippen LogP contribution in [0.1, 0.15) is 64.2 Å². The fraction of sp³-hybridized carbons (Fsp3) is 0.944. The van der Waals surface area contributed by atoms with Crippen molar-refractivity contribution in [2.45, 2.75) is 174 Å². The summed E-state index contributed by atoms with van der Waals surface area (Å²) in [6, 6.07) is 0. The highest BCUT2D eigenvalue weighted by Gasteiger charge is 2.60. The van der Waals surface area contributed by atoms with Crippen LogP contribution in [0.25, 0.3) is 0 Å². The molecule has 2 heterocycles. The summed E-state index contributed by atoms with van der Waals surface area (Å²) in [5.41, 5.74) is 0. The van der Waals surface area contributed by atoms with Gasteiger partial charge in [-0.15, -0.1) is 0 Å². The van der Waals surface area contributed by atoms with Crippen molar-refractivity contribution in [3.8, 4) is 0 Å². The molecule has 2 fully saturated rings. The zero-order valence-corrected chi connectivity index (χ0v) is 72.5. The molecule has 738 valence electrons. The van der Waals surface area contributed by atoms with Gasteiger partial charge in [-0.2, -0.15) is 135 Å². The molecule has 7 unspecified atom stereocenters. The Morgan fingerprint density at radius 3 is 0.685 bits per heavy atom. The Kier molecular flexibility index (Phi) is 43.7. The van der Waals surface area contributed by atoms with Gasteiger partial charge in [-0.3, -0.25) is 82.4 Å². The Hall–Kier alpha value is -3.30. The Labute approximate surface area is 701 Å². The van der Waals surface area contributed by atoms with E-state index in [9.17, 15) is 217 Å². The van der Waals surface area contributed by atoms with Crippen LogP contribution in [0.4, 0.5) is 0 Å². The third-order valence-electron chi connectivity index (χ3n) is 13.8. The summed E-state index contributed by atoms with van der Waals surface area (Å²) in [6.45, 7) is -11.0. The van der Waals surface area contributed by atoms with Crippen molar-refractivity contribution in [3.63, 3.8) is 0 Å². The van der Waals surface area contributed by atoms with Crippen molar-refractivity contribution in [3.05, 3.63) is 0 Å². The van der Waals surface area contributed by atoms with Crippen molar-refractivity contribution in [2.75, 3.05) is 39.5 Å². The Bertz CT molecular complexity index is 5210. The maximum atomic E-state index is 14.0. The Morgan fingerprint density at radius 1 is 0.250 bits per heavy atom. The largest absolute Gasteiger partial charge is 0.398 e. The van der Waals surface area contributed by atoms with Crippen molar-refractivity contribution in [2.24, 2.45) is 0 Å². The standard InChI is InChI=1S/C36H68N2O70S16/c39-33(29(105-121(77,78)79)25(101-117(65,66)67)21(19(97-113(53,54)55)15-91-111(47,48)49)95-35-31(107-123(83,84)85)27(103-119(71,72)73)23(99-115(59,60)61)17(93-35)13-89-109(41,42)43)37-11-9-7-5-3-1-2-4-6-8-10-12-38-34(40)30(106-122(80,81)82)26(102-118(68,69)70)22(20(98-114(56,57)58)16-92-112(50,51)52)96-36-32(108-124(86,87)88)28(104-120(74,75)76)24(100-116(62,63)64)18(94-36)14-90-110(44,45)46/h17-32,35-36H,1-16H2,(H,37,39)(H,38,40)(H,41,42,43)(H,44,45,46)(H,47,48,49)(H,50,51,52)(H,53,54,55)(H,56,57,58)(H,59,60,61)(H,62,63,64)(H,65,66,67)(H,68,69,70)(H,71,72,73)(H,74,75,76)(H,77,78,79)(H,80,81,82)(H,83,84,85)(H,86,87,88)/t17-,18+,19?,20?,21-,22?,23+,24-,25?,26?,27+,28-,29?,30?,31-,32+,35+,36-/m1/s1. The summed E-state index contributed by atoms with van der Waals surface area (Å²) in [6.07, 6.45) is -66.3. The van der Waals surface area contributed by atoms with E-state index < -0.39 is 328 Å². The van der Waals surface area contributed by atoms with E-state index in [4.69, 9.17) is 18.9 Å². The lowest BCUT2D eigenvalue weighted by Gasteiger charge is -2.45. The summed E-state index contributed by atoms with van der Waals surface area (Å²) in [4.78, 5) is 27.9. The monoisotopic (exact) mass is 2160 g/mol. The van der Waals surface area contributed by atoms with Crippen molar-refractivity contribution < 1.29 is 303 Å². The van der Waals surface area contributed by atoms with E-state index in [-0.39, 0.29) is 64.2 Å². The van der Waals surface area contributed by atoms with E-state index in [2.05, 4.69) is 66.9 Å². The number of amides is 2. The van der Waals surface area contributed by atoms with Gasteiger partial charge in [-0.1, -0.05) is 51.4 Å². The van der Waals surface area contributed by atoms with E-state index in [1.807, 2.05) is 0 Å². The lowest BCUT2D eigenvalue weighted by atomic mass is 9.98. The molecule has 0 aromatic carbocycles. The maximum absolute atomic E-state index is 14.0. The van der Waals surface area contributed by atoms with Gasteiger partial charge in [-0.25, -0.2) is 66.9 Å². The molecule has 0 spiro atoms. The van der Waals surface area contributed by atoms with Crippen LogP contribution in [0.2, 0.25) is 0 Å². The number of nitrogens with one attached hydrogen (secondary N) is 2. The molecule has 0 radical (unpaired) electrons. The molecular formula is C36H68N2O70S16. The van der Waals surface area contributed by atoms with Crippen LogP contribution in [0.15, 0.2) is 0 Å². The summed E-state index contributed by atoms with van der Waals surface area (Å²) in [5.74, 6) is -4.55. The second kappa shape index (κ2) is 46.4. The van der Waals surface area contributed by atoms with Crippen LogP contribution in [0.3, 0.4) is 0 Å². The first-order chi connectivity index (χ1) is 55.3. The zero-order valence-electron chi connectivity index (χ0n) is 59.4. The van der Waals surface area contributed by atoms with E-state index in [0.29, 0.717) is 0 Å². The molecule has 0 aliphatic carbocycles. The molecule has 2 aliphatic heterocycles. The summed E-state index contributed by atoms with van der Waals surface area (Å²) in [7, 11) is -102. The summed E-state index contributed by atoms with van der Waals surface area (Å²) in [5, 5.41) is 3.53. The minimum absolute atomic E-state index is 0.0777. The van der Waals surface area contributed by atoms with Crippen molar-refractivity contribution in [1.29, 1.82) is 0 Å². The SMILES string of the molecule is O=C(NCCCCCCCCCCCCNC(=O)C(OS(=O)(=O)O)C(OS(=O)(=O)O)[C@H](O[C@@H]1O[C@H](COS(=O)(=O)O)[C@H](OS(=O)(=O)O)[C@H](OS(=O)(=O)O)[C@H]1OS(=O)(=O)O)C(COS(=O)(=O)O)OS(=O)(=O)O)C(OS(=O)(=O)O)C(OS(=O)(=O)O)C(O[C@H]1O[C@@H](COS(=O)(=O)O)[C@@H](OS(=O)(=O)O)[C@@H](OS(=O)(=O)O)[C@@H]1OS(=O)(=O)O)C(COS(=O)(=O)O)OS(=O)(=O)O. The van der Waals surface area contributed by atoms with Crippen LogP contribution in [-0.2, 0) is 262 Å². The Morgan fingerprint density at radius 2 is 0.468 bits per heavy atom. The quantitative estimate of drug-likeness (QED) is 0.0199. The second-order valence-corrected chi connectivity index (χ2v) is 40.1. The number of hydrogen-bond acceptors (Lipinski definition) is 54. The number of carbonyl (C=O) groups is 2. The molecule has 0 saturated carbocycles. The fourth-order valence-corrected chi connectivity index (χ4v) is 17.0. The molecule has 0 bridgehead atoms. The van der Waals surface area contributed by atoms with Crippen LogP contribution in [0, 0.1) is 0 Å². The topological polar surface area (TPSA) is 1110 Å². The number of rotatable bonds is 61. The smallest absolute Gasteiger partial charge is 0.354 e. The van der Waals surface area contributed by atoms with Gasteiger partial charge in [0.1, 0.15) is 73.2 Å². The van der Waals surface area contributed by atoms with Gasteiger partial charge in [0, 0.05) is 13.1 Å². The first-order valence-corrected chi connectivity index (χ1v) is 52.6. The van der Waals surface area contributed by atoms with Gasteiger partial charge in [0.2, 0.25) is 0 Å². The fourth-order valence-electron chi connectivity index (χ4n) is 9.97. The van der Waals surface area contributed by atoms with E-state index in [0.717, 1.165) is 0 Å². The highest BCUT2D eigenvalue weighted by atomic mass is 32.3. The molecule has 2 rings (SSSR count). The molecule has 88 heteroatoms. The summed E-state index contributed by atoms with van der Waals surface area (Å²) >= 11 is 0. The normalized spacial score (nSPS) is 23.4. The molecule has 124 heavy (non-hydrogen) atoms. The van der Waals surface area contributed by atoms with Gasteiger partial charge >= 0.3 is 166 Å². The van der Waals surface area contributed by atoms with Gasteiger partial charge < -0.3 is 29.6 Å². The zero-order chi connectivity index (χ0) is 96.4. The van der Waals surface area contributed by atoms with Gasteiger partial charge in [0.15, 0.2) is 37.0 Å². The van der Waals surface area contributed by atoms with Crippen molar-refractivity contribution in [1.82, 2.24) is 10.6 Å². The molecule has 18 atom stereocenters. The first kappa shape index (κ1) is 117. The van der Waals surface area contributed by atoms with Gasteiger partial charge in [-0.05, 0) is 12.8 Å². The van der Waals surface area contributed by atoms with Crippen LogP contribution < -0.4 is 10.6 Å². The van der Waals surface area contributed by atoms with Crippen molar-refractivity contribution >= 4 is 178 Å². The number of ether oxygens (including phenoxy) is 4. The first-order valence-electron chi connectivity index (χ1n) is 30.8. The third kappa shape index (κ3) is 52.1. The minimum atomic E-state index is -6.66. The molecule has 2 amide bonds. The Balaban J connectivity index is 2.63. The van der Waals surface area contributed by atoms with Gasteiger partial charge in [0.05, 0.1) is 26.4 Å². The molecule has 72 nitrogen and oxygen atoms in total. The molecule has 0 aromatic rings. The van der Waals surface area contributed by atoms with Crippen LogP contribution >= 0.6 is 0 Å². The molecule has 0 aromatic heterocycles. The van der Waals surface area contributed by atoms with Crippen LogP contribution in [-0.4, -0.2) is 369 Å². The second-order valence-electron chi connectivity index (χ2n) is 23.2. The minimum Gasteiger partial charge on any atom is -0.354 e. The highest BCUT2D eigenvalue weighted by molar-refractivity contribution is 7.84. The molecule has 18 N–H and O–H groups in total. The van der Waals surface area contributed by atoms with Crippen LogP contribution in [0.5, 0.6) is 0 Å². The van der Waals surface area contributed by atoms with E-state index in [1.54, 1.807) is 10.6 Å². The highest BCUT2D eigenvalue weighted by Crippen LogP contribution is 2.38. The summed E-state index contributed by atoms with van der Waals surface area (Å²) < 4.78 is 628. The predicted molar refractivity (Wildman–Crippen MR) is 366 cm³/mol. The van der Waals surface area contributed by atoms with E-state index in [1.165, 1.54) is 0 Å². The predicted octanol–water partition coefficient (Wildman–Crippen LogP) is -11.1. The lowest BCUT2D eigenvalue weighted by Crippen LogP contribution is -2.65. The molecule has 2 saturated heterocycles. The number of hydrogen-bond donors (Lipinski definition) is 18.